The Morgan fingerprint density at radius 2 is 1.96 bits per heavy atom. The van der Waals surface area contributed by atoms with Gasteiger partial charge < -0.3 is 4.90 Å². The van der Waals surface area contributed by atoms with Crippen molar-refractivity contribution < 1.29 is 4.39 Å². The van der Waals surface area contributed by atoms with E-state index in [-0.39, 0.29) is 0 Å². The lowest BCUT2D eigenvalue weighted by atomic mass is 10.0. The molecule has 0 aromatic carbocycles. The monoisotopic (exact) mass is 332 g/mol. The fourth-order valence-corrected chi connectivity index (χ4v) is 2.71. The zero-order valence-electron chi connectivity index (χ0n) is 14.0. The highest BCUT2D eigenvalue weighted by Gasteiger charge is 2.18. The number of rotatable bonds is 1. The van der Waals surface area contributed by atoms with Gasteiger partial charge in [-0.25, -0.2) is 9.97 Å². The van der Waals surface area contributed by atoms with Gasteiger partial charge in [-0.2, -0.15) is 9.65 Å². The van der Waals surface area contributed by atoms with Gasteiger partial charge in [0.15, 0.2) is 0 Å². The minimum atomic E-state index is -0.522. The number of anilines is 1. The lowest BCUT2D eigenvalue weighted by Gasteiger charge is -2.30. The molecule has 0 N–H and O–H groups in total. The van der Waals surface area contributed by atoms with Crippen LogP contribution in [0.25, 0.3) is 0 Å². The number of hydrogen-bond acceptors (Lipinski definition) is 4. The number of halogens is 1. The maximum absolute atomic E-state index is 13.0. The molecule has 124 valence electrons. The van der Waals surface area contributed by atoms with E-state index in [1.807, 2.05) is 25.1 Å². The molecule has 25 heavy (non-hydrogen) atoms. The summed E-state index contributed by atoms with van der Waals surface area (Å²) in [5.41, 5.74) is 3.18. The van der Waals surface area contributed by atoms with Gasteiger partial charge in [-0.15, -0.1) is 0 Å². The van der Waals surface area contributed by atoms with Crippen molar-refractivity contribution in [2.24, 2.45) is 0 Å². The van der Waals surface area contributed by atoms with E-state index in [4.69, 9.17) is 0 Å². The number of nitrogens with zero attached hydrogens (tertiary/aromatic N) is 4. The second-order valence-electron chi connectivity index (χ2n) is 5.84. The number of nitriles is 1. The van der Waals surface area contributed by atoms with Crippen LogP contribution in [0.3, 0.4) is 0 Å². The Bertz CT molecular complexity index is 905. The van der Waals surface area contributed by atoms with Crippen molar-refractivity contribution in [2.45, 2.75) is 19.8 Å². The van der Waals surface area contributed by atoms with Crippen LogP contribution in [0.1, 0.15) is 29.8 Å². The van der Waals surface area contributed by atoms with Gasteiger partial charge in [0.05, 0.1) is 5.56 Å². The van der Waals surface area contributed by atoms with Gasteiger partial charge in [-0.05, 0) is 56.0 Å². The number of piperidine rings is 1. The summed E-state index contributed by atoms with van der Waals surface area (Å²) in [6.45, 7) is 3.53. The van der Waals surface area contributed by atoms with Gasteiger partial charge in [0.1, 0.15) is 17.6 Å². The summed E-state index contributed by atoms with van der Waals surface area (Å²) in [6.07, 6.45) is 3.62. The molecule has 0 aliphatic carbocycles. The number of aryl methyl sites for hydroxylation is 1. The molecule has 0 unspecified atom stereocenters. The summed E-state index contributed by atoms with van der Waals surface area (Å²) in [6, 6.07) is 10.5. The molecule has 1 aliphatic heterocycles. The molecule has 0 amide bonds. The summed E-state index contributed by atoms with van der Waals surface area (Å²) >= 11 is 0. The van der Waals surface area contributed by atoms with Crippen LogP contribution in [0.2, 0.25) is 0 Å². The third-order valence-corrected chi connectivity index (χ3v) is 4.03. The first-order valence-corrected chi connectivity index (χ1v) is 8.10. The Morgan fingerprint density at radius 1 is 1.16 bits per heavy atom. The number of allylic oxidation sites excluding steroid dienone is 1. The highest BCUT2D eigenvalue weighted by molar-refractivity contribution is 5.55. The van der Waals surface area contributed by atoms with Crippen molar-refractivity contribution in [1.29, 1.82) is 5.26 Å². The van der Waals surface area contributed by atoms with Gasteiger partial charge in [0.2, 0.25) is 5.95 Å². The molecule has 1 aliphatic rings. The molecule has 1 saturated heterocycles. The largest absolute Gasteiger partial charge is 0.355 e. The van der Waals surface area contributed by atoms with E-state index in [1.165, 1.54) is 11.6 Å². The summed E-state index contributed by atoms with van der Waals surface area (Å²) in [5, 5.41) is 9.26. The zero-order valence-corrected chi connectivity index (χ0v) is 14.0. The van der Waals surface area contributed by atoms with Gasteiger partial charge in [0.25, 0.3) is 0 Å². The maximum atomic E-state index is 13.0. The third kappa shape index (κ3) is 4.22. The second-order valence-corrected chi connectivity index (χ2v) is 5.84. The van der Waals surface area contributed by atoms with Gasteiger partial charge >= 0.3 is 0 Å². The van der Waals surface area contributed by atoms with E-state index < -0.39 is 5.95 Å². The van der Waals surface area contributed by atoms with Crippen LogP contribution in [0.4, 0.5) is 10.2 Å². The topological polar surface area (TPSA) is 52.8 Å². The molecule has 0 spiro atoms. The average Bonchev–Trinajstić information content (AvgIpc) is 2.62. The van der Waals surface area contributed by atoms with Crippen LogP contribution in [-0.4, -0.2) is 23.1 Å². The predicted octanol–water partition coefficient (Wildman–Crippen LogP) is 3.37. The smallest absolute Gasteiger partial charge is 0.214 e. The van der Waals surface area contributed by atoms with Crippen molar-refractivity contribution in [3.63, 3.8) is 0 Å². The molecule has 0 atom stereocenters. The van der Waals surface area contributed by atoms with Crippen LogP contribution >= 0.6 is 0 Å². The number of aromatic nitrogens is 2. The summed E-state index contributed by atoms with van der Waals surface area (Å²) < 4.78 is 13.0. The van der Waals surface area contributed by atoms with E-state index in [9.17, 15) is 9.65 Å². The van der Waals surface area contributed by atoms with Crippen LogP contribution in [0, 0.1) is 36.0 Å². The first-order valence-electron chi connectivity index (χ1n) is 8.10. The Labute approximate surface area is 146 Å². The minimum Gasteiger partial charge on any atom is -0.355 e. The van der Waals surface area contributed by atoms with Crippen molar-refractivity contribution in [2.75, 3.05) is 18.0 Å². The third-order valence-electron chi connectivity index (χ3n) is 4.03. The molecular weight excluding hydrogens is 315 g/mol. The average molecular weight is 332 g/mol. The minimum absolute atomic E-state index is 0.428. The van der Waals surface area contributed by atoms with E-state index in [0.717, 1.165) is 37.4 Å². The van der Waals surface area contributed by atoms with E-state index in [2.05, 4.69) is 32.8 Å². The van der Waals surface area contributed by atoms with Crippen LogP contribution in [0.15, 0.2) is 42.0 Å². The Morgan fingerprint density at radius 3 is 2.68 bits per heavy atom. The van der Waals surface area contributed by atoms with Crippen molar-refractivity contribution in [3.8, 4) is 17.9 Å². The fraction of sp³-hybridized carbons (Fsp3) is 0.250. The van der Waals surface area contributed by atoms with Crippen LogP contribution in [0.5, 0.6) is 0 Å². The molecule has 0 bridgehead atoms. The predicted molar refractivity (Wildman–Crippen MR) is 94.3 cm³/mol. The number of hydrogen-bond donors (Lipinski definition) is 0. The first-order chi connectivity index (χ1) is 12.2. The van der Waals surface area contributed by atoms with Crippen molar-refractivity contribution in [3.05, 3.63) is 64.9 Å². The quantitative estimate of drug-likeness (QED) is 0.593. The molecule has 1 fully saturated rings. The van der Waals surface area contributed by atoms with Crippen molar-refractivity contribution >= 4 is 5.82 Å². The van der Waals surface area contributed by atoms with Gasteiger partial charge in [-0.1, -0.05) is 17.6 Å². The Kier molecular flexibility index (Phi) is 5.06. The van der Waals surface area contributed by atoms with E-state index in [0.29, 0.717) is 11.3 Å². The summed E-state index contributed by atoms with van der Waals surface area (Å²) in [4.78, 5) is 10.4. The van der Waals surface area contributed by atoms with Crippen LogP contribution in [-0.2, 0) is 0 Å². The lowest BCUT2D eigenvalue weighted by molar-refractivity contribution is 0.582. The second kappa shape index (κ2) is 7.59. The van der Waals surface area contributed by atoms with Crippen LogP contribution < -0.4 is 4.90 Å². The van der Waals surface area contributed by atoms with Gasteiger partial charge in [0, 0.05) is 18.8 Å². The Balaban J connectivity index is 1.67. The zero-order chi connectivity index (χ0) is 17.6. The Hall–Kier alpha value is -3.18. The SMILES string of the molecule is Cc1ccc(C#N)c(N2CCC(=CC#Cc3cccc(F)n3)CC2)n1. The standard InChI is InChI=1S/C20H17FN4/c1-15-8-9-17(14-22)20(23-15)25-12-10-16(11-13-25)4-2-5-18-6-3-7-19(21)24-18/h3-4,6-9H,10-13H2,1H3. The lowest BCUT2D eigenvalue weighted by Crippen LogP contribution is -2.32. The molecular formula is C20H17FN4. The highest BCUT2D eigenvalue weighted by Crippen LogP contribution is 2.24. The molecule has 5 heteroatoms. The first kappa shape index (κ1) is 16.7. The highest BCUT2D eigenvalue weighted by atomic mass is 19.1. The summed E-state index contributed by atoms with van der Waals surface area (Å²) in [7, 11) is 0. The number of pyridine rings is 2. The molecule has 0 saturated carbocycles. The van der Waals surface area contributed by atoms with Crippen molar-refractivity contribution in [1.82, 2.24) is 9.97 Å². The molecule has 0 radical (unpaired) electrons. The molecule has 3 rings (SSSR count). The maximum Gasteiger partial charge on any atom is 0.214 e. The van der Waals surface area contributed by atoms with E-state index >= 15 is 0 Å². The molecule has 4 nitrogen and oxygen atoms in total. The molecule has 2 aromatic rings. The summed E-state index contributed by atoms with van der Waals surface area (Å²) in [5.74, 6) is 6.05. The fourth-order valence-electron chi connectivity index (χ4n) is 2.71. The molecule has 2 aromatic heterocycles. The van der Waals surface area contributed by atoms with Gasteiger partial charge in [-0.3, -0.25) is 0 Å². The van der Waals surface area contributed by atoms with E-state index in [1.54, 1.807) is 12.1 Å². The normalized spacial score (nSPS) is 13.6. The molecule has 3 heterocycles.